The number of rotatable bonds is 7. The molecule has 3 rings (SSSR count). The summed E-state index contributed by atoms with van der Waals surface area (Å²) in [5.74, 6) is -4.09. The Morgan fingerprint density at radius 3 is 2.17 bits per heavy atom. The first kappa shape index (κ1) is 26.4. The van der Waals surface area contributed by atoms with Crippen molar-refractivity contribution in [3.8, 4) is 11.5 Å². The Morgan fingerprint density at radius 1 is 0.971 bits per heavy atom. The minimum atomic E-state index is -5.42. The molecule has 12 heteroatoms. The third-order valence-corrected chi connectivity index (χ3v) is 6.43. The van der Waals surface area contributed by atoms with Crippen LogP contribution in [0.1, 0.15) is 11.1 Å². The number of anilines is 1. The SMILES string of the molecule is COc1ccc(S(=O)N(C(=O)C(F)(F)F)c2ccc(Cl)cc2Cc2c(F)cccc2F)cc1OC. The molecule has 0 spiro atoms. The number of ether oxygens (including phenoxy) is 2. The molecule has 0 radical (unpaired) electrons. The predicted octanol–water partition coefficient (Wildman–Crippen LogP) is 5.84. The van der Waals surface area contributed by atoms with E-state index in [0.717, 1.165) is 36.4 Å². The zero-order valence-electron chi connectivity index (χ0n) is 18.2. The Labute approximate surface area is 204 Å². The van der Waals surface area contributed by atoms with Gasteiger partial charge in [-0.3, -0.25) is 4.79 Å². The van der Waals surface area contributed by atoms with E-state index >= 15 is 0 Å². The van der Waals surface area contributed by atoms with E-state index in [2.05, 4.69) is 0 Å². The molecule has 1 atom stereocenters. The highest BCUT2D eigenvalue weighted by Gasteiger charge is 2.46. The molecule has 0 aliphatic rings. The molecule has 0 aromatic heterocycles. The normalized spacial score (nSPS) is 12.2. The first-order valence-corrected chi connectivity index (χ1v) is 11.2. The van der Waals surface area contributed by atoms with Gasteiger partial charge in [-0.1, -0.05) is 17.7 Å². The summed E-state index contributed by atoms with van der Waals surface area (Å²) in [5, 5.41) is 0.0248. The fourth-order valence-corrected chi connectivity index (χ4v) is 4.61. The Balaban J connectivity index is 2.19. The minimum absolute atomic E-state index is 0.00562. The van der Waals surface area contributed by atoms with Crippen LogP contribution in [0.15, 0.2) is 59.5 Å². The summed E-state index contributed by atoms with van der Waals surface area (Å²) in [4.78, 5) is 12.2. The number of carbonyl (C=O) groups excluding carboxylic acids is 1. The molecule has 35 heavy (non-hydrogen) atoms. The molecule has 1 unspecified atom stereocenters. The van der Waals surface area contributed by atoms with Gasteiger partial charge < -0.3 is 9.47 Å². The quantitative estimate of drug-likeness (QED) is 0.358. The number of nitrogens with zero attached hydrogens (tertiary/aromatic N) is 1. The van der Waals surface area contributed by atoms with Crippen LogP contribution in [0.25, 0.3) is 0 Å². The Morgan fingerprint density at radius 2 is 1.60 bits per heavy atom. The second-order valence-electron chi connectivity index (χ2n) is 7.01. The summed E-state index contributed by atoms with van der Waals surface area (Å²) in [6.07, 6.45) is -5.99. The molecule has 0 aliphatic heterocycles. The van der Waals surface area contributed by atoms with Crippen molar-refractivity contribution in [3.05, 3.63) is 82.4 Å². The lowest BCUT2D eigenvalue weighted by Gasteiger charge is -2.25. The van der Waals surface area contributed by atoms with Crippen molar-refractivity contribution >= 4 is 34.2 Å². The molecule has 3 aromatic rings. The molecule has 0 heterocycles. The van der Waals surface area contributed by atoms with Crippen LogP contribution in [-0.4, -0.2) is 30.5 Å². The first-order chi connectivity index (χ1) is 16.5. The number of hydrogen-bond acceptors (Lipinski definition) is 4. The van der Waals surface area contributed by atoms with E-state index < -0.39 is 52.4 Å². The van der Waals surface area contributed by atoms with E-state index in [1.54, 1.807) is 0 Å². The fourth-order valence-electron chi connectivity index (χ4n) is 3.21. The lowest BCUT2D eigenvalue weighted by molar-refractivity contribution is -0.168. The molecule has 1 amide bonds. The molecule has 0 N–H and O–H groups in total. The van der Waals surface area contributed by atoms with Crippen LogP contribution in [-0.2, 0) is 22.2 Å². The number of halogens is 6. The highest BCUT2D eigenvalue weighted by atomic mass is 35.5. The first-order valence-electron chi connectivity index (χ1n) is 9.74. The van der Waals surface area contributed by atoms with Crippen molar-refractivity contribution in [2.45, 2.75) is 17.5 Å². The summed E-state index contributed by atoms with van der Waals surface area (Å²) in [5.41, 5.74) is -1.12. The van der Waals surface area contributed by atoms with E-state index in [1.165, 1.54) is 32.4 Å². The second-order valence-corrected chi connectivity index (χ2v) is 8.78. The van der Waals surface area contributed by atoms with Crippen molar-refractivity contribution in [1.82, 2.24) is 0 Å². The van der Waals surface area contributed by atoms with Crippen LogP contribution in [0.3, 0.4) is 0 Å². The molecular weight excluding hydrogens is 517 g/mol. The monoisotopic (exact) mass is 533 g/mol. The fraction of sp³-hybridized carbons (Fsp3) is 0.174. The van der Waals surface area contributed by atoms with Gasteiger partial charge in [0, 0.05) is 23.1 Å². The Hall–Kier alpha value is -3.18. The molecule has 5 nitrogen and oxygen atoms in total. The van der Waals surface area contributed by atoms with Crippen molar-refractivity contribution in [2.24, 2.45) is 0 Å². The predicted molar refractivity (Wildman–Crippen MR) is 120 cm³/mol. The van der Waals surface area contributed by atoms with Crippen LogP contribution >= 0.6 is 11.6 Å². The largest absolute Gasteiger partial charge is 0.493 e. The van der Waals surface area contributed by atoms with Crippen LogP contribution in [0, 0.1) is 11.6 Å². The molecule has 0 fully saturated rings. The number of alkyl halides is 3. The van der Waals surface area contributed by atoms with E-state index in [4.69, 9.17) is 21.1 Å². The van der Waals surface area contributed by atoms with Gasteiger partial charge in [0.1, 0.15) is 11.6 Å². The maximum atomic E-state index is 14.3. The number of amides is 1. The highest BCUT2D eigenvalue weighted by molar-refractivity contribution is 7.87. The van der Waals surface area contributed by atoms with Gasteiger partial charge in [-0.2, -0.15) is 13.2 Å². The third kappa shape index (κ3) is 5.73. The molecule has 0 saturated carbocycles. The summed E-state index contributed by atoms with van der Waals surface area (Å²) in [7, 11) is -0.162. The minimum Gasteiger partial charge on any atom is -0.493 e. The average Bonchev–Trinajstić information content (AvgIpc) is 2.81. The lowest BCUT2D eigenvalue weighted by atomic mass is 10.0. The molecule has 0 bridgehead atoms. The van der Waals surface area contributed by atoms with E-state index in [9.17, 15) is 31.0 Å². The van der Waals surface area contributed by atoms with Crippen LogP contribution < -0.4 is 13.8 Å². The van der Waals surface area contributed by atoms with Gasteiger partial charge >= 0.3 is 12.1 Å². The standard InChI is InChI=1S/C23H17ClF5NO4S/c1-33-20-9-7-15(12-21(20)34-2)35(32)30(22(31)23(27,28)29)19-8-6-14(24)10-13(19)11-16-17(25)4-3-5-18(16)26/h3-10,12H,11H2,1-2H3. The second kappa shape index (κ2) is 10.6. The molecule has 3 aromatic carbocycles. The van der Waals surface area contributed by atoms with E-state index in [1.807, 2.05) is 0 Å². The van der Waals surface area contributed by atoms with Gasteiger partial charge in [0.25, 0.3) is 0 Å². The summed E-state index contributed by atoms with van der Waals surface area (Å²) in [6, 6.07) is 10.1. The van der Waals surface area contributed by atoms with Gasteiger partial charge in [0.15, 0.2) is 22.5 Å². The Bertz CT molecular complexity index is 1270. The van der Waals surface area contributed by atoms with Crippen molar-refractivity contribution in [1.29, 1.82) is 0 Å². The maximum Gasteiger partial charge on any atom is 0.472 e. The smallest absolute Gasteiger partial charge is 0.472 e. The van der Waals surface area contributed by atoms with Gasteiger partial charge in [-0.25, -0.2) is 17.3 Å². The summed E-state index contributed by atoms with van der Waals surface area (Å²) < 4.78 is 92.8. The Kier molecular flexibility index (Phi) is 8.01. The number of methoxy groups -OCH3 is 2. The van der Waals surface area contributed by atoms with E-state index in [-0.39, 0.29) is 31.3 Å². The van der Waals surface area contributed by atoms with Gasteiger partial charge in [-0.15, -0.1) is 0 Å². The molecule has 0 aliphatic carbocycles. The van der Waals surface area contributed by atoms with E-state index in [0.29, 0.717) is 0 Å². The van der Waals surface area contributed by atoms with Crippen LogP contribution in [0.2, 0.25) is 5.02 Å². The number of carbonyl (C=O) groups is 1. The third-order valence-electron chi connectivity index (χ3n) is 4.84. The summed E-state index contributed by atoms with van der Waals surface area (Å²) >= 11 is 5.99. The van der Waals surface area contributed by atoms with Crippen LogP contribution in [0.5, 0.6) is 11.5 Å². The number of hydrogen-bond donors (Lipinski definition) is 0. The topological polar surface area (TPSA) is 55.8 Å². The van der Waals surface area contributed by atoms with Gasteiger partial charge in [-0.05, 0) is 48.0 Å². The van der Waals surface area contributed by atoms with Crippen molar-refractivity contribution in [3.63, 3.8) is 0 Å². The zero-order valence-corrected chi connectivity index (χ0v) is 19.7. The average molecular weight is 534 g/mol. The van der Waals surface area contributed by atoms with Gasteiger partial charge in [0.05, 0.1) is 24.8 Å². The molecule has 186 valence electrons. The van der Waals surface area contributed by atoms with Crippen molar-refractivity contribution in [2.75, 3.05) is 18.5 Å². The van der Waals surface area contributed by atoms with Gasteiger partial charge in [0.2, 0.25) is 0 Å². The molecular formula is C23H17ClF5NO4S. The van der Waals surface area contributed by atoms with Crippen LogP contribution in [0.4, 0.5) is 27.6 Å². The lowest BCUT2D eigenvalue weighted by Crippen LogP contribution is -2.42. The maximum absolute atomic E-state index is 14.3. The zero-order chi connectivity index (χ0) is 25.9. The molecule has 0 saturated heterocycles. The number of benzene rings is 3. The van der Waals surface area contributed by atoms with Crippen molar-refractivity contribution < 1.29 is 40.4 Å². The highest BCUT2D eigenvalue weighted by Crippen LogP contribution is 2.36. The summed E-state index contributed by atoms with van der Waals surface area (Å²) in [6.45, 7) is 0.